The van der Waals surface area contributed by atoms with E-state index in [1.165, 1.54) is 24.3 Å². The van der Waals surface area contributed by atoms with Gasteiger partial charge in [-0.15, -0.1) is 11.6 Å². The highest BCUT2D eigenvalue weighted by molar-refractivity contribution is 6.17. The molecule has 1 aliphatic rings. The maximum absolute atomic E-state index is 13.3. The number of hydrogen-bond donors (Lipinski definition) is 2. The van der Waals surface area contributed by atoms with Gasteiger partial charge in [0.1, 0.15) is 17.7 Å². The number of alkyl halides is 1. The van der Waals surface area contributed by atoms with Gasteiger partial charge in [0, 0.05) is 50.8 Å². The molecule has 3 rings (SSSR count). The van der Waals surface area contributed by atoms with E-state index in [1.54, 1.807) is 24.3 Å². The van der Waals surface area contributed by atoms with Crippen LogP contribution in [-0.2, 0) is 14.3 Å². The van der Waals surface area contributed by atoms with Gasteiger partial charge < -0.3 is 19.8 Å². The van der Waals surface area contributed by atoms with Gasteiger partial charge in [-0.2, -0.15) is 0 Å². The molecule has 0 unspecified atom stereocenters. The van der Waals surface area contributed by atoms with Crippen LogP contribution < -0.4 is 0 Å². The lowest BCUT2D eigenvalue weighted by atomic mass is 10.0. The number of carboxylic acids is 2. The first-order valence-corrected chi connectivity index (χ1v) is 12.1. The zero-order chi connectivity index (χ0) is 26.3. The monoisotopic (exact) mass is 524 g/mol. The number of halogens is 3. The molecular weight excluding hydrogens is 494 g/mol. The van der Waals surface area contributed by atoms with E-state index >= 15 is 0 Å². The number of aliphatic carboxylic acids is 2. The van der Waals surface area contributed by atoms with E-state index in [4.69, 9.17) is 26.6 Å². The molecule has 0 aliphatic carbocycles. The van der Waals surface area contributed by atoms with Crippen LogP contribution in [0.15, 0.2) is 60.7 Å². The van der Waals surface area contributed by atoms with E-state index in [2.05, 4.69) is 9.80 Å². The summed E-state index contributed by atoms with van der Waals surface area (Å²) in [6.45, 7) is 6.59. The summed E-state index contributed by atoms with van der Waals surface area (Å²) in [5, 5.41) is 15.6. The highest BCUT2D eigenvalue weighted by Gasteiger charge is 2.19. The quantitative estimate of drug-likeness (QED) is 0.339. The van der Waals surface area contributed by atoms with Crippen molar-refractivity contribution in [3.8, 4) is 0 Å². The van der Waals surface area contributed by atoms with Crippen LogP contribution in [0.4, 0.5) is 8.78 Å². The van der Waals surface area contributed by atoms with Crippen molar-refractivity contribution in [2.45, 2.75) is 12.5 Å². The van der Waals surface area contributed by atoms with Crippen LogP contribution in [0.5, 0.6) is 0 Å². The molecule has 2 aromatic carbocycles. The van der Waals surface area contributed by atoms with Crippen molar-refractivity contribution < 1.29 is 33.3 Å². The van der Waals surface area contributed by atoms with Gasteiger partial charge >= 0.3 is 11.9 Å². The molecule has 1 heterocycles. The Morgan fingerprint density at radius 1 is 0.833 bits per heavy atom. The molecule has 1 fully saturated rings. The van der Waals surface area contributed by atoms with E-state index in [1.807, 2.05) is 0 Å². The van der Waals surface area contributed by atoms with Crippen LogP contribution in [0, 0.1) is 11.6 Å². The summed E-state index contributed by atoms with van der Waals surface area (Å²) in [6, 6.07) is 12.6. The molecule has 0 amide bonds. The minimum Gasteiger partial charge on any atom is -0.478 e. The van der Waals surface area contributed by atoms with Crippen molar-refractivity contribution in [2.24, 2.45) is 0 Å². The summed E-state index contributed by atoms with van der Waals surface area (Å²) in [4.78, 5) is 23.9. The molecule has 2 aromatic rings. The summed E-state index contributed by atoms with van der Waals surface area (Å²) in [6.07, 6.45) is 1.80. The third-order valence-electron chi connectivity index (χ3n) is 5.48. The second-order valence-corrected chi connectivity index (χ2v) is 8.47. The lowest BCUT2D eigenvalue weighted by molar-refractivity contribution is -0.134. The lowest BCUT2D eigenvalue weighted by Gasteiger charge is -2.34. The van der Waals surface area contributed by atoms with Gasteiger partial charge in [0.05, 0.1) is 6.61 Å². The highest BCUT2D eigenvalue weighted by Crippen LogP contribution is 2.26. The fourth-order valence-electron chi connectivity index (χ4n) is 3.62. The number of hydrogen-bond acceptors (Lipinski definition) is 5. The van der Waals surface area contributed by atoms with Crippen LogP contribution in [0.1, 0.15) is 23.7 Å². The molecule has 0 radical (unpaired) electrons. The van der Waals surface area contributed by atoms with Gasteiger partial charge in [0.25, 0.3) is 0 Å². The Balaban J connectivity index is 0.000000493. The maximum Gasteiger partial charge on any atom is 0.328 e. The predicted octanol–water partition coefficient (Wildman–Crippen LogP) is 4.03. The fourth-order valence-corrected chi connectivity index (χ4v) is 3.74. The van der Waals surface area contributed by atoms with E-state index < -0.39 is 11.9 Å². The minimum absolute atomic E-state index is 0.284. The Bertz CT molecular complexity index is 904. The zero-order valence-corrected chi connectivity index (χ0v) is 20.6. The number of nitrogens with zero attached hydrogens (tertiary/aromatic N) is 2. The van der Waals surface area contributed by atoms with E-state index in [0.29, 0.717) is 24.6 Å². The lowest BCUT2D eigenvalue weighted by Crippen LogP contribution is -2.47. The standard InChI is InChI=1S/C22H27ClF2N2O.C4H4O4/c23-10-1-11-26-12-14-27(15-13-26)16-17-28-22(18-2-6-20(24)7-3-18)19-4-8-21(25)9-5-19;5-3(6)1-2-4(7)8/h2-9,22H,1,10-17H2;1-2H,(H,5,6)(H,7,8)/b;2-1-. The molecule has 196 valence electrons. The largest absolute Gasteiger partial charge is 0.478 e. The van der Waals surface area contributed by atoms with Crippen molar-refractivity contribution in [3.63, 3.8) is 0 Å². The molecule has 0 atom stereocenters. The number of carboxylic acid groups (broad SMARTS) is 2. The minimum atomic E-state index is -1.26. The molecule has 0 aromatic heterocycles. The second kappa shape index (κ2) is 16.0. The Morgan fingerprint density at radius 2 is 1.25 bits per heavy atom. The topological polar surface area (TPSA) is 90.3 Å². The first kappa shape index (κ1) is 29.4. The average Bonchev–Trinajstić information content (AvgIpc) is 2.87. The number of piperazine rings is 1. The third kappa shape index (κ3) is 11.3. The first-order valence-electron chi connectivity index (χ1n) is 11.6. The second-order valence-electron chi connectivity index (χ2n) is 8.09. The molecule has 2 N–H and O–H groups in total. The van der Waals surface area contributed by atoms with Gasteiger partial charge in [-0.05, 0) is 48.4 Å². The summed E-state index contributed by atoms with van der Waals surface area (Å²) in [5.41, 5.74) is 1.72. The van der Waals surface area contributed by atoms with Crippen molar-refractivity contribution in [1.29, 1.82) is 0 Å². The number of carbonyl (C=O) groups is 2. The molecule has 36 heavy (non-hydrogen) atoms. The summed E-state index contributed by atoms with van der Waals surface area (Å²) >= 11 is 5.77. The van der Waals surface area contributed by atoms with Crippen LogP contribution >= 0.6 is 11.6 Å². The van der Waals surface area contributed by atoms with Gasteiger partial charge in [-0.25, -0.2) is 18.4 Å². The zero-order valence-electron chi connectivity index (χ0n) is 19.9. The van der Waals surface area contributed by atoms with Crippen LogP contribution in [-0.4, -0.2) is 83.7 Å². The van der Waals surface area contributed by atoms with Crippen molar-refractivity contribution in [1.82, 2.24) is 9.80 Å². The van der Waals surface area contributed by atoms with Crippen LogP contribution in [0.2, 0.25) is 0 Å². The third-order valence-corrected chi connectivity index (χ3v) is 5.75. The summed E-state index contributed by atoms with van der Waals surface area (Å²) < 4.78 is 32.8. The normalized spacial score (nSPS) is 14.6. The van der Waals surface area contributed by atoms with Crippen LogP contribution in [0.3, 0.4) is 0 Å². The Hall–Kier alpha value is -2.85. The molecule has 0 saturated carbocycles. The molecule has 1 saturated heterocycles. The van der Waals surface area contributed by atoms with Gasteiger partial charge in [0.2, 0.25) is 0 Å². The molecule has 0 spiro atoms. The number of ether oxygens (including phenoxy) is 1. The van der Waals surface area contributed by atoms with Crippen molar-refractivity contribution in [2.75, 3.05) is 51.8 Å². The number of rotatable bonds is 11. The molecular formula is C26H31ClF2N2O5. The van der Waals surface area contributed by atoms with Gasteiger partial charge in [0.15, 0.2) is 0 Å². The first-order chi connectivity index (χ1) is 17.3. The SMILES string of the molecule is Fc1ccc(C(OCCN2CCN(CCCCl)CC2)c2ccc(F)cc2)cc1.O=C(O)/C=C\C(=O)O. The Kier molecular flexibility index (Phi) is 13.1. The predicted molar refractivity (Wildman–Crippen MR) is 133 cm³/mol. The molecule has 10 heteroatoms. The molecule has 0 bridgehead atoms. The smallest absolute Gasteiger partial charge is 0.328 e. The molecule has 1 aliphatic heterocycles. The summed E-state index contributed by atoms with van der Waals surface area (Å²) in [5.74, 6) is -2.37. The van der Waals surface area contributed by atoms with Crippen LogP contribution in [0.25, 0.3) is 0 Å². The Labute approximate surface area is 214 Å². The van der Waals surface area contributed by atoms with Crippen molar-refractivity contribution in [3.05, 3.63) is 83.4 Å². The fraction of sp³-hybridized carbons (Fsp3) is 0.385. The average molecular weight is 525 g/mol. The number of benzene rings is 2. The van der Waals surface area contributed by atoms with Gasteiger partial charge in [-0.3, -0.25) is 4.90 Å². The van der Waals surface area contributed by atoms with E-state index in [0.717, 1.165) is 56.8 Å². The van der Waals surface area contributed by atoms with E-state index in [9.17, 15) is 18.4 Å². The highest BCUT2D eigenvalue weighted by atomic mass is 35.5. The van der Waals surface area contributed by atoms with Gasteiger partial charge in [-0.1, -0.05) is 24.3 Å². The van der Waals surface area contributed by atoms with E-state index in [-0.39, 0.29) is 17.7 Å². The molecule has 7 nitrogen and oxygen atoms in total. The summed E-state index contributed by atoms with van der Waals surface area (Å²) in [7, 11) is 0. The maximum atomic E-state index is 13.3. The Morgan fingerprint density at radius 3 is 1.64 bits per heavy atom. The van der Waals surface area contributed by atoms with Crippen molar-refractivity contribution >= 4 is 23.5 Å².